The number of aromatic amines is 1. The van der Waals surface area contributed by atoms with Crippen LogP contribution in [0.25, 0.3) is 32.4 Å². The quantitative estimate of drug-likeness (QED) is 0.0342. The Morgan fingerprint density at radius 1 is 0.892 bits per heavy atom. The maximum Gasteiger partial charge on any atom is 0.255 e. The molecule has 3 aromatic carbocycles. The maximum absolute atomic E-state index is 14.0. The molecule has 394 valence electrons. The van der Waals surface area contributed by atoms with Gasteiger partial charge in [-0.25, -0.2) is 9.97 Å². The van der Waals surface area contributed by atoms with E-state index in [4.69, 9.17) is 4.98 Å². The normalized spacial score (nSPS) is 17.5. The summed E-state index contributed by atoms with van der Waals surface area (Å²) < 4.78 is 1.78. The lowest BCUT2D eigenvalue weighted by atomic mass is 9.85. The Morgan fingerprint density at radius 2 is 1.65 bits per heavy atom. The molecule has 8 rings (SSSR count). The van der Waals surface area contributed by atoms with E-state index >= 15 is 0 Å². The van der Waals surface area contributed by atoms with Crippen molar-refractivity contribution in [2.75, 3.05) is 31.5 Å². The van der Waals surface area contributed by atoms with Crippen LogP contribution in [0.5, 0.6) is 0 Å². The third kappa shape index (κ3) is 14.2. The molecule has 0 radical (unpaired) electrons. The summed E-state index contributed by atoms with van der Waals surface area (Å²) >= 11 is 1.58. The van der Waals surface area contributed by atoms with E-state index in [-0.39, 0.29) is 49.0 Å². The van der Waals surface area contributed by atoms with Crippen LogP contribution in [0.2, 0.25) is 0 Å². The lowest BCUT2D eigenvalue weighted by molar-refractivity contribution is -0.144. The van der Waals surface area contributed by atoms with Crippen molar-refractivity contribution in [1.29, 1.82) is 0 Å². The average molecular weight is 1030 g/mol. The number of aromatic nitrogens is 5. The number of anilines is 1. The first kappa shape index (κ1) is 53.8. The number of nitrogens with one attached hydrogen (secondary N) is 5. The highest BCUT2D eigenvalue weighted by Gasteiger charge is 2.44. The van der Waals surface area contributed by atoms with Crippen LogP contribution in [0.3, 0.4) is 0 Å². The van der Waals surface area contributed by atoms with E-state index in [9.17, 15) is 29.1 Å². The predicted octanol–water partition coefficient (Wildman–Crippen LogP) is 7.78. The zero-order valence-electron chi connectivity index (χ0n) is 43.5. The van der Waals surface area contributed by atoms with Crippen LogP contribution < -0.4 is 21.3 Å². The number of aliphatic hydroxyl groups excluding tert-OH is 1. The Hall–Kier alpha value is -6.50. The van der Waals surface area contributed by atoms with E-state index in [1.165, 1.54) is 4.90 Å². The van der Waals surface area contributed by atoms with Crippen LogP contribution >= 0.6 is 11.3 Å². The van der Waals surface area contributed by atoms with E-state index in [0.717, 1.165) is 120 Å². The minimum Gasteiger partial charge on any atom is -0.391 e. The number of aryl methyl sites for hydroxylation is 2. The van der Waals surface area contributed by atoms with Crippen molar-refractivity contribution >= 4 is 68.5 Å². The fraction of sp³-hybridized carbons (Fsp3) is 0.500. The number of amides is 5. The number of benzene rings is 3. The SMILES string of the molecule is Cc1ncsc1-c1ccc(CNC(=O)[C@@H]2C[C@@H](O)CN2C(=O)[C@@H](NC(=O)CCCCCCCCCCNC(=O)CC2CCN(Cc3nc4ccc(NC(=O)c5ccc6c(cnn6C)c5)cc4[nH]3)C2)C(C)(C)C)cc1. The van der Waals surface area contributed by atoms with Gasteiger partial charge in [0, 0.05) is 69.1 Å². The maximum atomic E-state index is 14.0. The topological polar surface area (TPSA) is 220 Å². The second-order valence-electron chi connectivity index (χ2n) is 21.4. The second kappa shape index (κ2) is 24.7. The molecule has 0 saturated carbocycles. The van der Waals surface area contributed by atoms with Gasteiger partial charge in [-0.1, -0.05) is 83.6 Å². The number of fused-ring (bicyclic) bond motifs is 2. The van der Waals surface area contributed by atoms with Crippen LogP contribution in [0, 0.1) is 18.3 Å². The number of rotatable bonds is 23. The van der Waals surface area contributed by atoms with Crippen molar-refractivity contribution in [3.05, 3.63) is 95.0 Å². The van der Waals surface area contributed by atoms with Gasteiger partial charge < -0.3 is 36.3 Å². The van der Waals surface area contributed by atoms with Crippen molar-refractivity contribution in [1.82, 2.24) is 50.5 Å². The van der Waals surface area contributed by atoms with Gasteiger partial charge in [0.05, 0.1) is 51.5 Å². The molecule has 2 aliphatic heterocycles. The average Bonchev–Trinajstić information content (AvgIpc) is 4.24. The molecule has 3 aromatic heterocycles. The van der Waals surface area contributed by atoms with E-state index in [2.05, 4.69) is 41.2 Å². The minimum absolute atomic E-state index is 0.0334. The molecule has 1 unspecified atom stereocenters. The van der Waals surface area contributed by atoms with Gasteiger partial charge in [-0.3, -0.25) is 33.6 Å². The molecule has 17 nitrogen and oxygen atoms in total. The van der Waals surface area contributed by atoms with Gasteiger partial charge in [0.25, 0.3) is 5.91 Å². The number of β-amino-alcohol motifs (C(OH)–C–C–N with tert-alkyl or cyclic N) is 1. The molecule has 6 N–H and O–H groups in total. The van der Waals surface area contributed by atoms with E-state index in [1.807, 2.05) is 94.9 Å². The third-order valence-corrected chi connectivity index (χ3v) is 15.4. The lowest BCUT2D eigenvalue weighted by Crippen LogP contribution is -2.57. The van der Waals surface area contributed by atoms with Gasteiger partial charge in [0.2, 0.25) is 23.6 Å². The number of carbonyl (C=O) groups excluding carboxylic acids is 5. The third-order valence-electron chi connectivity index (χ3n) is 14.4. The van der Waals surface area contributed by atoms with Crippen LogP contribution in [0.1, 0.15) is 125 Å². The van der Waals surface area contributed by atoms with Crippen LogP contribution in [-0.4, -0.2) is 114 Å². The number of likely N-dealkylation sites (tertiary alicyclic amines) is 2. The summed E-state index contributed by atoms with van der Waals surface area (Å²) in [5.74, 6) is 0.197. The molecule has 5 amide bonds. The number of carbonyl (C=O) groups is 5. The van der Waals surface area contributed by atoms with Crippen molar-refractivity contribution in [3.63, 3.8) is 0 Å². The van der Waals surface area contributed by atoms with Gasteiger partial charge in [0.15, 0.2) is 0 Å². The molecule has 0 spiro atoms. The molecular formula is C56H73N11O6S. The van der Waals surface area contributed by atoms with E-state index in [0.29, 0.717) is 43.1 Å². The monoisotopic (exact) mass is 1030 g/mol. The number of unbranched alkanes of at least 4 members (excludes halogenated alkanes) is 7. The smallest absolute Gasteiger partial charge is 0.255 e. The number of thiazole rings is 1. The highest BCUT2D eigenvalue weighted by Crippen LogP contribution is 2.29. The molecule has 2 fully saturated rings. The standard InChI is InChI=1S/C56H73N11O6S/c1-36-51(74-35-59-36)39-17-15-37(16-18-39)30-58-54(72)47-29-43(68)33-67(47)55(73)52(56(2,3)4)64-49(69)14-12-10-8-6-7-9-11-13-24-57-50(70)26-38-23-25-66(32-38)34-48-62-44-21-20-42(28-45(44)63-48)61-53(71)40-19-22-46-41(27-40)31-60-65(46)5/h15-22,27-28,31,35,38,43,47,52,68H,6-14,23-26,29-30,32-34H2,1-5H3,(H,57,70)(H,58,72)(H,61,71)(H,62,63)(H,64,69)/t38?,43-,47+,52-/m1/s1. The van der Waals surface area contributed by atoms with Gasteiger partial charge in [-0.15, -0.1) is 11.3 Å². The summed E-state index contributed by atoms with van der Waals surface area (Å²) in [4.78, 5) is 83.9. The van der Waals surface area contributed by atoms with Crippen molar-refractivity contribution < 1.29 is 29.1 Å². The molecule has 2 aliphatic rings. The van der Waals surface area contributed by atoms with Crippen molar-refractivity contribution in [2.24, 2.45) is 18.4 Å². The molecule has 4 atom stereocenters. The molecule has 0 bridgehead atoms. The molecule has 74 heavy (non-hydrogen) atoms. The van der Waals surface area contributed by atoms with Crippen molar-refractivity contribution in [3.8, 4) is 10.4 Å². The fourth-order valence-corrected chi connectivity index (χ4v) is 11.0. The van der Waals surface area contributed by atoms with Gasteiger partial charge in [0.1, 0.15) is 17.9 Å². The van der Waals surface area contributed by atoms with Crippen LogP contribution in [0.4, 0.5) is 5.69 Å². The Kier molecular flexibility index (Phi) is 17.9. The largest absolute Gasteiger partial charge is 0.391 e. The Morgan fingerprint density at radius 3 is 2.39 bits per heavy atom. The first-order valence-electron chi connectivity index (χ1n) is 26.3. The minimum atomic E-state index is -0.849. The summed E-state index contributed by atoms with van der Waals surface area (Å²) in [5, 5.41) is 27.8. The lowest BCUT2D eigenvalue weighted by Gasteiger charge is -2.35. The number of H-pyrrole nitrogens is 1. The highest BCUT2D eigenvalue weighted by molar-refractivity contribution is 7.13. The zero-order chi connectivity index (χ0) is 52.4. The number of hydrogen-bond donors (Lipinski definition) is 6. The van der Waals surface area contributed by atoms with Gasteiger partial charge in [-0.05, 0) is 91.6 Å². The Balaban J connectivity index is 0.657. The summed E-state index contributed by atoms with van der Waals surface area (Å²) in [6.45, 7) is 11.1. The molecule has 18 heteroatoms. The summed E-state index contributed by atoms with van der Waals surface area (Å²) in [6, 6.07) is 17.5. The molecule has 2 saturated heterocycles. The van der Waals surface area contributed by atoms with E-state index in [1.54, 1.807) is 28.3 Å². The first-order valence-corrected chi connectivity index (χ1v) is 27.2. The molecular weight excluding hydrogens is 955 g/mol. The number of hydrogen-bond acceptors (Lipinski definition) is 11. The Labute approximate surface area is 437 Å². The fourth-order valence-electron chi connectivity index (χ4n) is 10.2. The summed E-state index contributed by atoms with van der Waals surface area (Å²) in [7, 11) is 1.87. The molecule has 5 heterocycles. The number of aliphatic hydroxyl groups is 1. The second-order valence-corrected chi connectivity index (χ2v) is 22.2. The zero-order valence-corrected chi connectivity index (χ0v) is 44.4. The van der Waals surface area contributed by atoms with Crippen LogP contribution in [0.15, 0.2) is 72.4 Å². The predicted molar refractivity (Wildman–Crippen MR) is 289 cm³/mol. The van der Waals surface area contributed by atoms with Crippen LogP contribution in [-0.2, 0) is 39.3 Å². The molecule has 0 aliphatic carbocycles. The Bertz CT molecular complexity index is 2900. The first-order chi connectivity index (χ1) is 35.6. The number of nitrogens with zero attached hydrogens (tertiary/aromatic N) is 6. The highest BCUT2D eigenvalue weighted by atomic mass is 32.1. The summed E-state index contributed by atoms with van der Waals surface area (Å²) in [6.07, 6.45) is 10.8. The van der Waals surface area contributed by atoms with E-state index < -0.39 is 23.6 Å². The van der Waals surface area contributed by atoms with Gasteiger partial charge in [-0.2, -0.15) is 5.10 Å². The molecule has 6 aromatic rings. The summed E-state index contributed by atoms with van der Waals surface area (Å²) in [5.41, 5.74) is 8.07. The number of imidazole rings is 1. The van der Waals surface area contributed by atoms with Gasteiger partial charge >= 0.3 is 0 Å². The van der Waals surface area contributed by atoms with Crippen molar-refractivity contribution in [2.45, 2.75) is 136 Å².